The topological polar surface area (TPSA) is 54.7 Å². The van der Waals surface area contributed by atoms with Crippen molar-refractivity contribution in [2.75, 3.05) is 24.6 Å². The summed E-state index contributed by atoms with van der Waals surface area (Å²) in [5.74, 6) is 0.0143. The van der Waals surface area contributed by atoms with Crippen LogP contribution in [0.4, 0.5) is 10.1 Å². The molecule has 1 unspecified atom stereocenters. The van der Waals surface area contributed by atoms with E-state index in [4.69, 9.17) is 4.74 Å². The Kier molecular flexibility index (Phi) is 3.30. The van der Waals surface area contributed by atoms with Gasteiger partial charge in [0.15, 0.2) is 17.0 Å². The Balaban J connectivity index is 1.96. The Labute approximate surface area is 132 Å². The summed E-state index contributed by atoms with van der Waals surface area (Å²) in [4.78, 5) is 14.0. The van der Waals surface area contributed by atoms with Gasteiger partial charge in [0.2, 0.25) is 0 Å². The monoisotopic (exact) mass is 318 g/mol. The van der Waals surface area contributed by atoms with Gasteiger partial charge in [0, 0.05) is 25.4 Å². The normalized spacial score (nSPS) is 21.5. The second kappa shape index (κ2) is 5.23. The molecule has 1 saturated heterocycles. The number of nitrogens with zero attached hydrogens (tertiary/aromatic N) is 2. The van der Waals surface area contributed by atoms with Gasteiger partial charge in [-0.05, 0) is 25.8 Å². The molecule has 1 aromatic heterocycles. The van der Waals surface area contributed by atoms with Crippen LogP contribution in [0.2, 0.25) is 0 Å². The van der Waals surface area contributed by atoms with E-state index in [1.165, 1.54) is 12.1 Å². The van der Waals surface area contributed by atoms with E-state index in [0.717, 1.165) is 0 Å². The number of ether oxygens (including phenoxy) is 1. The highest BCUT2D eigenvalue weighted by Gasteiger charge is 2.29. The van der Waals surface area contributed by atoms with E-state index >= 15 is 0 Å². The third-order valence-corrected chi connectivity index (χ3v) is 4.82. The van der Waals surface area contributed by atoms with Crippen LogP contribution in [0.1, 0.15) is 25.8 Å². The van der Waals surface area contributed by atoms with Crippen molar-refractivity contribution in [3.05, 3.63) is 34.4 Å². The number of benzene rings is 1. The van der Waals surface area contributed by atoms with Crippen LogP contribution >= 0.6 is 0 Å². The number of rotatable bonds is 1. The molecule has 0 spiro atoms. The van der Waals surface area contributed by atoms with E-state index in [0.29, 0.717) is 54.9 Å². The summed E-state index contributed by atoms with van der Waals surface area (Å²) < 4.78 is 22.6. The van der Waals surface area contributed by atoms with Crippen molar-refractivity contribution in [3.63, 3.8) is 0 Å². The maximum atomic E-state index is 14.7. The van der Waals surface area contributed by atoms with Gasteiger partial charge in [0.1, 0.15) is 12.3 Å². The number of piperidine rings is 1. The van der Waals surface area contributed by atoms with Crippen LogP contribution in [-0.4, -0.2) is 35.5 Å². The van der Waals surface area contributed by atoms with Crippen molar-refractivity contribution in [3.8, 4) is 5.75 Å². The molecule has 1 fully saturated rings. The molecule has 5 nitrogen and oxygen atoms in total. The number of aliphatic hydroxyl groups is 1. The first kappa shape index (κ1) is 14.5. The molecule has 0 radical (unpaired) electrons. The molecule has 0 amide bonds. The fraction of sp³-hybridized carbons (Fsp3) is 0.471. The zero-order valence-electron chi connectivity index (χ0n) is 13.0. The van der Waals surface area contributed by atoms with Crippen LogP contribution in [0.3, 0.4) is 0 Å². The summed E-state index contributed by atoms with van der Waals surface area (Å²) in [7, 11) is 0. The molecule has 2 aliphatic rings. The van der Waals surface area contributed by atoms with E-state index in [-0.39, 0.29) is 17.6 Å². The van der Waals surface area contributed by atoms with Gasteiger partial charge in [0.25, 0.3) is 0 Å². The van der Waals surface area contributed by atoms with Crippen molar-refractivity contribution in [1.29, 1.82) is 0 Å². The number of hydrogen-bond donors (Lipinski definition) is 1. The lowest BCUT2D eigenvalue weighted by atomic mass is 10.0. The number of aromatic nitrogens is 1. The summed E-state index contributed by atoms with van der Waals surface area (Å²) in [6, 6.07) is 2.89. The van der Waals surface area contributed by atoms with Crippen molar-refractivity contribution in [2.24, 2.45) is 0 Å². The first-order valence-corrected chi connectivity index (χ1v) is 7.99. The van der Waals surface area contributed by atoms with Crippen molar-refractivity contribution >= 4 is 16.6 Å². The van der Waals surface area contributed by atoms with Crippen molar-refractivity contribution in [1.82, 2.24) is 4.57 Å². The summed E-state index contributed by atoms with van der Waals surface area (Å²) in [6.45, 7) is 3.60. The molecule has 6 heteroatoms. The number of hydrogen-bond acceptors (Lipinski definition) is 4. The van der Waals surface area contributed by atoms with Gasteiger partial charge in [-0.25, -0.2) is 4.39 Å². The molecule has 23 heavy (non-hydrogen) atoms. The largest absolute Gasteiger partial charge is 0.487 e. The zero-order chi connectivity index (χ0) is 16.1. The van der Waals surface area contributed by atoms with E-state index in [2.05, 4.69) is 0 Å². The Morgan fingerprint density at radius 3 is 2.83 bits per heavy atom. The summed E-state index contributed by atoms with van der Waals surface area (Å²) in [6.07, 6.45) is 2.64. The van der Waals surface area contributed by atoms with E-state index in [1.54, 1.807) is 6.20 Å². The highest BCUT2D eigenvalue weighted by Crippen LogP contribution is 2.42. The minimum absolute atomic E-state index is 0.0899. The molecule has 0 aliphatic carbocycles. The summed E-state index contributed by atoms with van der Waals surface area (Å²) >= 11 is 0. The van der Waals surface area contributed by atoms with E-state index < -0.39 is 5.82 Å². The first-order chi connectivity index (χ1) is 11.1. The standard InChI is InChI=1S/C17H19FN2O3/c1-10-9-23-17-15-12(14(22)4-7-20(10)15)8-13(18)16(17)19-5-2-11(21)3-6-19/h4,7-8,10-11,21H,2-3,5-6,9H2,1H3. The minimum Gasteiger partial charge on any atom is -0.487 e. The van der Waals surface area contributed by atoms with Crippen LogP contribution in [0, 0.1) is 5.82 Å². The Morgan fingerprint density at radius 2 is 2.09 bits per heavy atom. The predicted octanol–water partition coefficient (Wildman–Crippen LogP) is 2.06. The van der Waals surface area contributed by atoms with Gasteiger partial charge in [-0.2, -0.15) is 0 Å². The smallest absolute Gasteiger partial charge is 0.189 e. The second-order valence-corrected chi connectivity index (χ2v) is 6.40. The van der Waals surface area contributed by atoms with Gasteiger partial charge in [0.05, 0.1) is 23.0 Å². The maximum Gasteiger partial charge on any atom is 0.189 e. The highest BCUT2D eigenvalue weighted by atomic mass is 19.1. The SMILES string of the molecule is CC1COc2c(N3CCC(O)CC3)c(F)cc3c(=O)ccn1c23. The Hall–Kier alpha value is -2.08. The third-order valence-electron chi connectivity index (χ3n) is 4.82. The Morgan fingerprint density at radius 1 is 1.35 bits per heavy atom. The molecule has 1 aromatic carbocycles. The second-order valence-electron chi connectivity index (χ2n) is 6.40. The van der Waals surface area contributed by atoms with Gasteiger partial charge >= 0.3 is 0 Å². The first-order valence-electron chi connectivity index (χ1n) is 7.99. The van der Waals surface area contributed by atoms with Gasteiger partial charge in [-0.1, -0.05) is 0 Å². The minimum atomic E-state index is -0.437. The molecule has 1 atom stereocenters. The van der Waals surface area contributed by atoms with Crippen LogP contribution in [-0.2, 0) is 0 Å². The molecular formula is C17H19FN2O3. The number of aliphatic hydroxyl groups excluding tert-OH is 1. The van der Waals surface area contributed by atoms with Crippen LogP contribution in [0.25, 0.3) is 10.9 Å². The number of pyridine rings is 1. The molecule has 0 bridgehead atoms. The van der Waals surface area contributed by atoms with Crippen molar-refractivity contribution < 1.29 is 14.2 Å². The number of anilines is 1. The van der Waals surface area contributed by atoms with Crippen LogP contribution in [0.15, 0.2) is 23.1 Å². The van der Waals surface area contributed by atoms with Gasteiger partial charge in [-0.15, -0.1) is 0 Å². The van der Waals surface area contributed by atoms with Gasteiger partial charge < -0.3 is 19.3 Å². The van der Waals surface area contributed by atoms with E-state index in [9.17, 15) is 14.3 Å². The molecule has 122 valence electrons. The fourth-order valence-corrected chi connectivity index (χ4v) is 3.54. The maximum absolute atomic E-state index is 14.7. The lowest BCUT2D eigenvalue weighted by Crippen LogP contribution is -2.37. The molecule has 2 aliphatic heterocycles. The van der Waals surface area contributed by atoms with Crippen molar-refractivity contribution in [2.45, 2.75) is 31.9 Å². The van der Waals surface area contributed by atoms with Crippen LogP contribution < -0.4 is 15.1 Å². The Bertz CT molecular complexity index is 825. The fourth-order valence-electron chi connectivity index (χ4n) is 3.54. The molecule has 4 rings (SSSR count). The van der Waals surface area contributed by atoms with Crippen LogP contribution in [0.5, 0.6) is 5.75 Å². The molecule has 2 aromatic rings. The highest BCUT2D eigenvalue weighted by molar-refractivity contribution is 5.91. The molecule has 3 heterocycles. The average Bonchev–Trinajstić information content (AvgIpc) is 2.54. The number of halogens is 1. The molecule has 0 saturated carbocycles. The quantitative estimate of drug-likeness (QED) is 0.874. The predicted molar refractivity (Wildman–Crippen MR) is 85.8 cm³/mol. The van der Waals surface area contributed by atoms with Gasteiger partial charge in [-0.3, -0.25) is 4.79 Å². The molecular weight excluding hydrogens is 299 g/mol. The van der Waals surface area contributed by atoms with E-state index in [1.807, 2.05) is 16.4 Å². The summed E-state index contributed by atoms with van der Waals surface area (Å²) in [5.41, 5.74) is 0.879. The summed E-state index contributed by atoms with van der Waals surface area (Å²) in [5, 5.41) is 10.0. The molecule has 1 N–H and O–H groups in total. The third kappa shape index (κ3) is 2.20. The lowest BCUT2D eigenvalue weighted by molar-refractivity contribution is 0.145. The zero-order valence-corrected chi connectivity index (χ0v) is 13.0. The average molecular weight is 318 g/mol. The lowest BCUT2D eigenvalue weighted by Gasteiger charge is -2.35.